The van der Waals surface area contributed by atoms with Gasteiger partial charge < -0.3 is 9.73 Å². The van der Waals surface area contributed by atoms with Crippen molar-refractivity contribution >= 4 is 39.6 Å². The summed E-state index contributed by atoms with van der Waals surface area (Å²) in [6.45, 7) is 4.05. The van der Waals surface area contributed by atoms with E-state index < -0.39 is 11.8 Å². The molecule has 0 atom stereocenters. The Kier molecular flexibility index (Phi) is 6.06. The molecule has 2 amide bonds. The summed E-state index contributed by atoms with van der Waals surface area (Å²) in [4.78, 5) is 24.8. The molecule has 2 aromatic carbocycles. The molecule has 3 rings (SSSR count). The Morgan fingerprint density at radius 3 is 2.57 bits per heavy atom. The molecule has 28 heavy (non-hydrogen) atoms. The summed E-state index contributed by atoms with van der Waals surface area (Å²) in [6, 6.07) is 14.0. The molecule has 0 radical (unpaired) electrons. The highest BCUT2D eigenvalue weighted by Gasteiger charge is 2.16. The number of carbonyl (C=O) groups excluding carboxylic acids is 2. The van der Waals surface area contributed by atoms with Gasteiger partial charge in [0, 0.05) is 4.47 Å². The van der Waals surface area contributed by atoms with E-state index in [1.54, 1.807) is 36.5 Å². The third kappa shape index (κ3) is 4.75. The maximum Gasteiger partial charge on any atom is 0.291 e. The fraction of sp³-hybridized carbons (Fsp3) is 0.0952. The molecule has 1 aromatic heterocycles. The van der Waals surface area contributed by atoms with Crippen LogP contribution in [0.3, 0.4) is 0 Å². The smallest absolute Gasteiger partial charge is 0.291 e. The minimum absolute atomic E-state index is 0.155. The first kappa shape index (κ1) is 19.6. The van der Waals surface area contributed by atoms with Crippen LogP contribution in [0.5, 0.6) is 0 Å². The van der Waals surface area contributed by atoms with Gasteiger partial charge in [-0.15, -0.1) is 0 Å². The topological polar surface area (TPSA) is 83.7 Å². The van der Waals surface area contributed by atoms with E-state index in [0.29, 0.717) is 10.2 Å². The largest absolute Gasteiger partial charge is 0.459 e. The second-order valence-electron chi connectivity index (χ2n) is 6.16. The van der Waals surface area contributed by atoms with E-state index in [9.17, 15) is 9.59 Å². The van der Waals surface area contributed by atoms with Gasteiger partial charge in [0.05, 0.1) is 23.7 Å². The third-order valence-electron chi connectivity index (χ3n) is 4.13. The van der Waals surface area contributed by atoms with Gasteiger partial charge in [0.15, 0.2) is 5.76 Å². The maximum absolute atomic E-state index is 12.6. The van der Waals surface area contributed by atoms with Crippen LogP contribution in [-0.4, -0.2) is 18.0 Å². The number of benzene rings is 2. The summed E-state index contributed by atoms with van der Waals surface area (Å²) in [5.74, 6) is -0.738. The molecular formula is C21H18BrN3O3. The molecule has 7 heteroatoms. The highest BCUT2D eigenvalue weighted by Crippen LogP contribution is 2.22. The van der Waals surface area contributed by atoms with E-state index >= 15 is 0 Å². The van der Waals surface area contributed by atoms with Crippen molar-refractivity contribution in [1.82, 2.24) is 5.43 Å². The Morgan fingerprint density at radius 1 is 1.04 bits per heavy atom. The van der Waals surface area contributed by atoms with Crippen LogP contribution in [-0.2, 0) is 0 Å². The second kappa shape index (κ2) is 8.67. The first-order chi connectivity index (χ1) is 13.4. The number of furan rings is 1. The summed E-state index contributed by atoms with van der Waals surface area (Å²) < 4.78 is 5.78. The van der Waals surface area contributed by atoms with Gasteiger partial charge in [-0.05, 0) is 60.9 Å². The lowest BCUT2D eigenvalue weighted by Crippen LogP contribution is -2.21. The number of nitrogens with zero attached hydrogens (tertiary/aromatic N) is 1. The van der Waals surface area contributed by atoms with Crippen LogP contribution >= 0.6 is 15.9 Å². The lowest BCUT2D eigenvalue weighted by molar-refractivity contribution is 0.0956. The number of hydrazone groups is 1. The Labute approximate surface area is 170 Å². The molecule has 0 unspecified atom stereocenters. The van der Waals surface area contributed by atoms with Gasteiger partial charge >= 0.3 is 0 Å². The molecule has 0 fully saturated rings. The number of nitrogens with one attached hydrogen (secondary N) is 2. The molecule has 0 aliphatic rings. The second-order valence-corrected chi connectivity index (χ2v) is 7.08. The van der Waals surface area contributed by atoms with Gasteiger partial charge in [0.2, 0.25) is 0 Å². The van der Waals surface area contributed by atoms with Gasteiger partial charge in [0.25, 0.3) is 11.8 Å². The van der Waals surface area contributed by atoms with Crippen LogP contribution in [0.2, 0.25) is 0 Å². The van der Waals surface area contributed by atoms with Gasteiger partial charge in [-0.2, -0.15) is 5.10 Å². The number of aryl methyl sites for hydroxylation is 2. The predicted molar refractivity (Wildman–Crippen MR) is 112 cm³/mol. The van der Waals surface area contributed by atoms with Crippen LogP contribution in [0.25, 0.3) is 0 Å². The molecule has 0 spiro atoms. The molecule has 0 saturated heterocycles. The monoisotopic (exact) mass is 439 g/mol. The zero-order chi connectivity index (χ0) is 20.1. The molecule has 6 nitrogen and oxygen atoms in total. The van der Waals surface area contributed by atoms with Crippen molar-refractivity contribution in [3.8, 4) is 0 Å². The Bertz CT molecular complexity index is 1040. The van der Waals surface area contributed by atoms with Crippen molar-refractivity contribution in [1.29, 1.82) is 0 Å². The highest BCUT2D eigenvalue weighted by atomic mass is 79.9. The van der Waals surface area contributed by atoms with Crippen LogP contribution in [0.15, 0.2) is 68.8 Å². The van der Waals surface area contributed by atoms with Crippen molar-refractivity contribution in [3.05, 3.63) is 87.3 Å². The SMILES string of the molecule is Cc1ccc(/C=N/NC(=O)c2cc(Br)ccc2NC(=O)c2ccco2)cc1C. The van der Waals surface area contributed by atoms with Crippen LogP contribution in [0.4, 0.5) is 5.69 Å². The van der Waals surface area contributed by atoms with Crippen molar-refractivity contribution < 1.29 is 14.0 Å². The van der Waals surface area contributed by atoms with Crippen molar-refractivity contribution in [3.63, 3.8) is 0 Å². The maximum atomic E-state index is 12.6. The zero-order valence-corrected chi connectivity index (χ0v) is 16.9. The number of anilines is 1. The average molecular weight is 440 g/mol. The fourth-order valence-electron chi connectivity index (χ4n) is 2.48. The molecule has 0 bridgehead atoms. The number of carbonyl (C=O) groups is 2. The summed E-state index contributed by atoms with van der Waals surface area (Å²) in [5.41, 5.74) is 6.32. The zero-order valence-electron chi connectivity index (χ0n) is 15.3. The van der Waals surface area contributed by atoms with E-state index in [2.05, 4.69) is 31.8 Å². The lowest BCUT2D eigenvalue weighted by Gasteiger charge is -2.10. The van der Waals surface area contributed by atoms with Crippen LogP contribution in [0.1, 0.15) is 37.6 Å². The van der Waals surface area contributed by atoms with E-state index in [1.807, 2.05) is 32.0 Å². The van der Waals surface area contributed by atoms with Crippen molar-refractivity contribution in [2.75, 3.05) is 5.32 Å². The van der Waals surface area contributed by atoms with E-state index in [4.69, 9.17) is 4.42 Å². The van der Waals surface area contributed by atoms with Crippen LogP contribution in [0, 0.1) is 13.8 Å². The summed E-state index contributed by atoms with van der Waals surface area (Å²) in [7, 11) is 0. The Hall–Kier alpha value is -3.19. The molecule has 1 heterocycles. The van der Waals surface area contributed by atoms with Crippen LogP contribution < -0.4 is 10.7 Å². The molecule has 2 N–H and O–H groups in total. The summed E-state index contributed by atoms with van der Waals surface area (Å²) in [6.07, 6.45) is 2.98. The van der Waals surface area contributed by atoms with Gasteiger partial charge in [-0.1, -0.05) is 34.1 Å². The number of rotatable bonds is 5. The summed E-state index contributed by atoms with van der Waals surface area (Å²) in [5, 5.41) is 6.69. The van der Waals surface area contributed by atoms with Gasteiger partial charge in [-0.25, -0.2) is 5.43 Å². The lowest BCUT2D eigenvalue weighted by atomic mass is 10.1. The summed E-state index contributed by atoms with van der Waals surface area (Å²) >= 11 is 3.34. The number of amides is 2. The molecule has 3 aromatic rings. The molecule has 0 aliphatic carbocycles. The van der Waals surface area contributed by atoms with Crippen molar-refractivity contribution in [2.24, 2.45) is 5.10 Å². The average Bonchev–Trinajstić information content (AvgIpc) is 3.21. The van der Waals surface area contributed by atoms with Gasteiger partial charge in [0.1, 0.15) is 0 Å². The Morgan fingerprint density at radius 2 is 1.86 bits per heavy atom. The Balaban J connectivity index is 1.75. The quantitative estimate of drug-likeness (QED) is 0.447. The first-order valence-corrected chi connectivity index (χ1v) is 9.28. The normalized spacial score (nSPS) is 10.8. The molecular weight excluding hydrogens is 422 g/mol. The molecule has 0 saturated carbocycles. The fourth-order valence-corrected chi connectivity index (χ4v) is 2.84. The standard InChI is InChI=1S/C21H18BrN3O3/c1-13-5-6-15(10-14(13)2)12-23-25-20(26)17-11-16(22)7-8-18(17)24-21(27)19-4-3-9-28-19/h3-12H,1-2H3,(H,24,27)(H,25,26)/b23-12+. The minimum atomic E-state index is -0.448. The highest BCUT2D eigenvalue weighted by molar-refractivity contribution is 9.10. The third-order valence-corrected chi connectivity index (χ3v) is 4.62. The van der Waals surface area contributed by atoms with E-state index in [-0.39, 0.29) is 11.3 Å². The van der Waals surface area contributed by atoms with E-state index in [1.165, 1.54) is 11.8 Å². The molecule has 142 valence electrons. The molecule has 0 aliphatic heterocycles. The van der Waals surface area contributed by atoms with E-state index in [0.717, 1.165) is 11.1 Å². The number of halogens is 1. The first-order valence-electron chi connectivity index (χ1n) is 8.49. The van der Waals surface area contributed by atoms with Crippen molar-refractivity contribution in [2.45, 2.75) is 13.8 Å². The number of hydrogen-bond donors (Lipinski definition) is 2. The minimum Gasteiger partial charge on any atom is -0.459 e. The number of hydrogen-bond acceptors (Lipinski definition) is 4. The predicted octanol–water partition coefficient (Wildman–Crippen LogP) is 4.68. The van der Waals surface area contributed by atoms with Gasteiger partial charge in [-0.3, -0.25) is 9.59 Å².